The van der Waals surface area contributed by atoms with Crippen molar-refractivity contribution in [2.45, 2.75) is 198 Å². The minimum Gasteiger partial charge on any atom is -0.394 e. The molecule has 1 amide bonds. The lowest BCUT2D eigenvalue weighted by Crippen LogP contribution is -2.60. The molecule has 7 unspecified atom stereocenters. The molecule has 1 saturated heterocycles. The molecule has 1 fully saturated rings. The summed E-state index contributed by atoms with van der Waals surface area (Å²) in [4.78, 5) is 12.8. The van der Waals surface area contributed by atoms with E-state index in [-0.39, 0.29) is 12.5 Å². The van der Waals surface area contributed by atoms with E-state index in [2.05, 4.69) is 31.3 Å². The number of aliphatic hydroxyl groups is 5. The Morgan fingerprint density at radius 3 is 1.74 bits per heavy atom. The summed E-state index contributed by atoms with van der Waals surface area (Å²) in [6.45, 7) is 3.69. The molecular weight excluding hydrogens is 598 g/mol. The van der Waals surface area contributed by atoms with Crippen molar-refractivity contribution in [2.24, 2.45) is 0 Å². The van der Waals surface area contributed by atoms with Crippen molar-refractivity contribution in [3.63, 3.8) is 0 Å². The third-order valence-corrected chi connectivity index (χ3v) is 9.02. The summed E-state index contributed by atoms with van der Waals surface area (Å²) in [5.41, 5.74) is 0. The zero-order chi connectivity index (χ0) is 34.5. The van der Waals surface area contributed by atoms with E-state index >= 15 is 0 Å². The number of rotatable bonds is 30. The third-order valence-electron chi connectivity index (χ3n) is 9.02. The maximum atomic E-state index is 12.8. The number of unbranched alkanes of at least 4 members (excludes halogenated alkanes) is 18. The Balaban J connectivity index is 2.47. The van der Waals surface area contributed by atoms with E-state index in [0.717, 1.165) is 32.1 Å². The van der Waals surface area contributed by atoms with E-state index < -0.39 is 49.5 Å². The van der Waals surface area contributed by atoms with E-state index in [1.807, 2.05) is 6.08 Å². The van der Waals surface area contributed by atoms with E-state index in [1.54, 1.807) is 6.08 Å². The standard InChI is InChI=1S/C38H71NO8/c1-3-5-7-9-11-13-14-15-16-17-18-20-21-23-25-27-32(41)31(30-46-38-37(45)36(44)35(43)33(29-40)47-38)39-34(42)28-26-24-22-19-12-10-8-6-4-2/h19,22,25,27,31-33,35-38,40-41,43-45H,3-18,20-21,23-24,26,28-30H2,1-2H3,(H,39,42)/b22-19-,27-25+. The fraction of sp³-hybridized carbons (Fsp3) is 0.868. The molecule has 1 rings (SSSR count). The van der Waals surface area contributed by atoms with Gasteiger partial charge in [0.1, 0.15) is 24.4 Å². The smallest absolute Gasteiger partial charge is 0.220 e. The minimum absolute atomic E-state index is 0.198. The van der Waals surface area contributed by atoms with Crippen molar-refractivity contribution in [1.29, 1.82) is 0 Å². The highest BCUT2D eigenvalue weighted by atomic mass is 16.7. The molecule has 47 heavy (non-hydrogen) atoms. The third kappa shape index (κ3) is 21.4. The highest BCUT2D eigenvalue weighted by molar-refractivity contribution is 5.76. The minimum atomic E-state index is -1.57. The maximum Gasteiger partial charge on any atom is 0.220 e. The van der Waals surface area contributed by atoms with Gasteiger partial charge in [0.25, 0.3) is 0 Å². The van der Waals surface area contributed by atoms with Gasteiger partial charge in [-0.1, -0.05) is 134 Å². The number of hydrogen-bond acceptors (Lipinski definition) is 8. The van der Waals surface area contributed by atoms with Crippen LogP contribution in [0.5, 0.6) is 0 Å². The maximum absolute atomic E-state index is 12.8. The lowest BCUT2D eigenvalue weighted by molar-refractivity contribution is -0.302. The molecule has 6 N–H and O–H groups in total. The predicted molar refractivity (Wildman–Crippen MR) is 189 cm³/mol. The Labute approximate surface area is 286 Å². The average molecular weight is 670 g/mol. The van der Waals surface area contributed by atoms with Crippen LogP contribution in [0.4, 0.5) is 0 Å². The van der Waals surface area contributed by atoms with Crippen molar-refractivity contribution < 1.29 is 39.8 Å². The molecule has 1 aliphatic rings. The van der Waals surface area contributed by atoms with Crippen LogP contribution in [0.1, 0.15) is 155 Å². The first kappa shape index (κ1) is 43.7. The number of carbonyl (C=O) groups excluding carboxylic acids is 1. The molecule has 7 atom stereocenters. The summed E-state index contributed by atoms with van der Waals surface area (Å²) < 4.78 is 11.1. The molecule has 0 aliphatic carbocycles. The average Bonchev–Trinajstić information content (AvgIpc) is 3.07. The molecule has 9 heteroatoms. The van der Waals surface area contributed by atoms with Gasteiger partial charge in [-0.2, -0.15) is 0 Å². The second-order valence-corrected chi connectivity index (χ2v) is 13.4. The molecule has 0 aromatic heterocycles. The number of ether oxygens (including phenoxy) is 2. The van der Waals surface area contributed by atoms with Crippen molar-refractivity contribution in [2.75, 3.05) is 13.2 Å². The number of nitrogens with one attached hydrogen (secondary N) is 1. The second kappa shape index (κ2) is 29.6. The second-order valence-electron chi connectivity index (χ2n) is 13.4. The van der Waals surface area contributed by atoms with E-state index in [1.165, 1.54) is 96.3 Å². The van der Waals surface area contributed by atoms with Gasteiger partial charge in [0.15, 0.2) is 6.29 Å². The Hall–Kier alpha value is -1.33. The van der Waals surface area contributed by atoms with Crippen LogP contribution < -0.4 is 5.32 Å². The highest BCUT2D eigenvalue weighted by Crippen LogP contribution is 2.22. The molecule has 0 spiro atoms. The molecule has 276 valence electrons. The monoisotopic (exact) mass is 670 g/mol. The predicted octanol–water partition coefficient (Wildman–Crippen LogP) is 6.38. The summed E-state index contributed by atoms with van der Waals surface area (Å²) in [7, 11) is 0. The molecule has 0 aromatic rings. The summed E-state index contributed by atoms with van der Waals surface area (Å²) in [5, 5.41) is 53.8. The summed E-state index contributed by atoms with van der Waals surface area (Å²) >= 11 is 0. The first-order valence-corrected chi connectivity index (χ1v) is 19.1. The van der Waals surface area contributed by atoms with Crippen LogP contribution in [0.15, 0.2) is 24.3 Å². The van der Waals surface area contributed by atoms with Gasteiger partial charge in [0, 0.05) is 6.42 Å². The fourth-order valence-corrected chi connectivity index (χ4v) is 5.86. The topological polar surface area (TPSA) is 149 Å². The SMILES string of the molecule is CCCCCC/C=C\CCCC(=O)NC(COC1OC(CO)C(O)C(O)C1O)C(O)/C=C/CCCCCCCCCCCCCCC. The van der Waals surface area contributed by atoms with Gasteiger partial charge in [0.05, 0.1) is 25.4 Å². The van der Waals surface area contributed by atoms with Crippen LogP contribution in [0.25, 0.3) is 0 Å². The largest absolute Gasteiger partial charge is 0.394 e. The van der Waals surface area contributed by atoms with Crippen LogP contribution in [-0.2, 0) is 14.3 Å². The van der Waals surface area contributed by atoms with Gasteiger partial charge in [0.2, 0.25) is 5.91 Å². The number of carbonyl (C=O) groups is 1. The van der Waals surface area contributed by atoms with Crippen molar-refractivity contribution in [1.82, 2.24) is 5.32 Å². The first-order chi connectivity index (χ1) is 22.8. The van der Waals surface area contributed by atoms with Crippen molar-refractivity contribution in [3.05, 3.63) is 24.3 Å². The van der Waals surface area contributed by atoms with Crippen LogP contribution >= 0.6 is 0 Å². The molecule has 1 aliphatic heterocycles. The normalized spacial score (nSPS) is 23.1. The van der Waals surface area contributed by atoms with Crippen LogP contribution in [0.2, 0.25) is 0 Å². The van der Waals surface area contributed by atoms with Gasteiger partial charge in [-0.15, -0.1) is 0 Å². The van der Waals surface area contributed by atoms with Crippen molar-refractivity contribution in [3.8, 4) is 0 Å². The number of allylic oxidation sites excluding steroid dienone is 3. The Kier molecular flexibility index (Phi) is 27.5. The van der Waals surface area contributed by atoms with Crippen LogP contribution in [0.3, 0.4) is 0 Å². The molecule has 0 aromatic carbocycles. The fourth-order valence-electron chi connectivity index (χ4n) is 5.86. The number of hydrogen-bond donors (Lipinski definition) is 6. The molecular formula is C38H71NO8. The van der Waals surface area contributed by atoms with Gasteiger partial charge < -0.3 is 40.3 Å². The van der Waals surface area contributed by atoms with Gasteiger partial charge in [-0.25, -0.2) is 0 Å². The quantitative estimate of drug-likeness (QED) is 0.0381. The zero-order valence-electron chi connectivity index (χ0n) is 29.8. The van der Waals surface area contributed by atoms with Gasteiger partial charge >= 0.3 is 0 Å². The molecule has 1 heterocycles. The van der Waals surface area contributed by atoms with Crippen LogP contribution in [0, 0.1) is 0 Å². The van der Waals surface area contributed by atoms with Gasteiger partial charge in [-0.3, -0.25) is 4.79 Å². The van der Waals surface area contributed by atoms with Crippen LogP contribution in [-0.4, -0.2) is 87.5 Å². The van der Waals surface area contributed by atoms with E-state index in [4.69, 9.17) is 9.47 Å². The Morgan fingerprint density at radius 1 is 0.702 bits per heavy atom. The summed E-state index contributed by atoms with van der Waals surface area (Å²) in [5.74, 6) is -0.215. The Bertz CT molecular complexity index is 792. The first-order valence-electron chi connectivity index (χ1n) is 19.1. The van der Waals surface area contributed by atoms with E-state index in [9.17, 15) is 30.3 Å². The Morgan fingerprint density at radius 2 is 1.19 bits per heavy atom. The molecule has 9 nitrogen and oxygen atoms in total. The van der Waals surface area contributed by atoms with Crippen molar-refractivity contribution >= 4 is 5.91 Å². The molecule has 0 bridgehead atoms. The highest BCUT2D eigenvalue weighted by Gasteiger charge is 2.44. The zero-order valence-corrected chi connectivity index (χ0v) is 29.8. The number of amides is 1. The lowest BCUT2D eigenvalue weighted by atomic mass is 9.99. The summed E-state index contributed by atoms with van der Waals surface area (Å²) in [6, 6.07) is -0.813. The number of aliphatic hydroxyl groups excluding tert-OH is 5. The molecule has 0 saturated carbocycles. The van der Waals surface area contributed by atoms with Gasteiger partial charge in [-0.05, 0) is 38.5 Å². The van der Waals surface area contributed by atoms with E-state index in [0.29, 0.717) is 12.8 Å². The lowest BCUT2D eigenvalue weighted by Gasteiger charge is -2.40. The summed E-state index contributed by atoms with van der Waals surface area (Å²) in [6.07, 6.45) is 25.2. The molecule has 0 radical (unpaired) electrons.